The maximum absolute atomic E-state index is 13.5. The van der Waals surface area contributed by atoms with Gasteiger partial charge in [-0.15, -0.1) is 0 Å². The minimum atomic E-state index is -4.21. The van der Waals surface area contributed by atoms with Crippen LogP contribution in [0.1, 0.15) is 54.4 Å². The fourth-order valence-electron chi connectivity index (χ4n) is 3.12. The molecule has 0 heterocycles. The quantitative estimate of drug-likeness (QED) is 0.110. The molecule has 0 atom stereocenters. The molecular weight excluding hydrogens is 546 g/mol. The summed E-state index contributed by atoms with van der Waals surface area (Å²) in [4.78, 5) is 37.9. The highest BCUT2D eigenvalue weighted by atomic mass is 31.2. The number of amides is 1. The van der Waals surface area contributed by atoms with E-state index in [2.05, 4.69) is 5.32 Å². The van der Waals surface area contributed by atoms with Gasteiger partial charge in [0.25, 0.3) is 0 Å². The van der Waals surface area contributed by atoms with Gasteiger partial charge in [-0.3, -0.25) is 28.9 Å². The normalized spacial score (nSPS) is 12.0. The van der Waals surface area contributed by atoms with E-state index >= 15 is 0 Å². The third-order valence-electron chi connectivity index (χ3n) is 4.60. The van der Waals surface area contributed by atoms with Crippen LogP contribution in [0.4, 0.5) is 4.79 Å². The third kappa shape index (κ3) is 14.0. The number of carbonyl (C=O) groups is 3. The highest BCUT2D eigenvalue weighted by molar-refractivity contribution is 7.72. The van der Waals surface area contributed by atoms with E-state index in [1.165, 1.54) is 0 Å². The van der Waals surface area contributed by atoms with Gasteiger partial charge < -0.3 is 32.3 Å². The Bertz CT molecular complexity index is 726. The summed E-state index contributed by atoms with van der Waals surface area (Å²) in [6, 6.07) is 0. The van der Waals surface area contributed by atoms with Crippen LogP contribution in [0.3, 0.4) is 0 Å². The van der Waals surface area contributed by atoms with Crippen molar-refractivity contribution in [1.29, 1.82) is 0 Å². The van der Waals surface area contributed by atoms with Crippen molar-refractivity contribution in [3.63, 3.8) is 0 Å². The highest BCUT2D eigenvalue weighted by Gasteiger charge is 2.52. The zero-order valence-corrected chi connectivity index (χ0v) is 25.1. The lowest BCUT2D eigenvalue weighted by Gasteiger charge is -2.31. The first-order valence-electron chi connectivity index (χ1n) is 12.8. The van der Waals surface area contributed by atoms with E-state index in [1.54, 1.807) is 46.4 Å². The third-order valence-corrected chi connectivity index (χ3v) is 10.2. The summed E-state index contributed by atoms with van der Waals surface area (Å²) in [5.74, 6) is -0.805. The molecule has 0 rings (SSSR count). The number of hydrogen-bond donors (Lipinski definition) is 1. The van der Waals surface area contributed by atoms with Crippen molar-refractivity contribution < 1.29 is 55.8 Å². The van der Waals surface area contributed by atoms with Gasteiger partial charge in [-0.2, -0.15) is 0 Å². The van der Waals surface area contributed by atoms with Crippen molar-refractivity contribution in [3.05, 3.63) is 0 Å². The average molecular weight is 591 g/mol. The summed E-state index contributed by atoms with van der Waals surface area (Å²) in [7, 11) is -8.42. The van der Waals surface area contributed by atoms with E-state index in [9.17, 15) is 23.5 Å². The zero-order valence-electron chi connectivity index (χ0n) is 23.3. The van der Waals surface area contributed by atoms with Gasteiger partial charge in [0.15, 0.2) is 0 Å². The van der Waals surface area contributed by atoms with Crippen molar-refractivity contribution in [1.82, 2.24) is 10.2 Å². The second kappa shape index (κ2) is 20.4. The Morgan fingerprint density at radius 2 is 1.03 bits per heavy atom. The number of carbonyl (C=O) groups excluding carboxylic acids is 3. The van der Waals surface area contributed by atoms with Crippen molar-refractivity contribution in [2.24, 2.45) is 0 Å². The van der Waals surface area contributed by atoms with Crippen LogP contribution in [0, 0.1) is 0 Å². The van der Waals surface area contributed by atoms with E-state index in [-0.39, 0.29) is 78.7 Å². The minimum Gasteiger partial charge on any atom is -0.466 e. The number of nitrogens with one attached hydrogen (secondary N) is 1. The van der Waals surface area contributed by atoms with Crippen LogP contribution in [-0.2, 0) is 51.0 Å². The lowest BCUT2D eigenvalue weighted by Crippen LogP contribution is -2.39. The van der Waals surface area contributed by atoms with Gasteiger partial charge in [0.2, 0.25) is 5.52 Å². The molecule has 0 saturated heterocycles. The standard InChI is InChI=1S/C22H44N2O12P2/c1-7-30-19(25)13-15-24(16-14-20(26)31-8-2)17-18-32-21(27)23-22(37(28,33-9-3)34-10-4)38(29,35-11-5)36-12-6/h22H,7-18H2,1-6H3,(H,23,27). The van der Waals surface area contributed by atoms with Gasteiger partial charge in [0.05, 0.1) is 52.5 Å². The average Bonchev–Trinajstić information content (AvgIpc) is 2.84. The molecule has 1 N–H and O–H groups in total. The van der Waals surface area contributed by atoms with Crippen molar-refractivity contribution >= 4 is 33.2 Å². The number of esters is 2. The van der Waals surface area contributed by atoms with Gasteiger partial charge in [-0.1, -0.05) is 0 Å². The van der Waals surface area contributed by atoms with Gasteiger partial charge in [0.1, 0.15) is 6.61 Å². The summed E-state index contributed by atoms with van der Waals surface area (Å²) in [6.07, 6.45) is -0.921. The Balaban J connectivity index is 5.47. The molecule has 14 nitrogen and oxygen atoms in total. The molecule has 0 aliphatic carbocycles. The van der Waals surface area contributed by atoms with Crippen LogP contribution in [0.15, 0.2) is 0 Å². The maximum atomic E-state index is 13.5. The summed E-state index contributed by atoms with van der Waals surface area (Å²) < 4.78 is 63.3. The lowest BCUT2D eigenvalue weighted by molar-refractivity contribution is -0.143. The summed E-state index contributed by atoms with van der Waals surface area (Å²) in [5, 5.41) is 2.29. The van der Waals surface area contributed by atoms with Gasteiger partial charge in [-0.25, -0.2) is 4.79 Å². The molecule has 0 fully saturated rings. The number of hydrogen-bond acceptors (Lipinski definition) is 13. The first kappa shape index (κ1) is 36.5. The molecule has 0 bridgehead atoms. The highest BCUT2D eigenvalue weighted by Crippen LogP contribution is 2.69. The first-order chi connectivity index (χ1) is 18.0. The van der Waals surface area contributed by atoms with Crippen LogP contribution >= 0.6 is 15.2 Å². The first-order valence-corrected chi connectivity index (χ1v) is 16.0. The number of nitrogens with zero attached hydrogens (tertiary/aromatic N) is 1. The molecule has 38 heavy (non-hydrogen) atoms. The lowest BCUT2D eigenvalue weighted by atomic mass is 10.3. The molecule has 0 aromatic rings. The molecule has 0 radical (unpaired) electrons. The van der Waals surface area contributed by atoms with Crippen LogP contribution in [-0.4, -0.2) is 94.3 Å². The fraction of sp³-hybridized carbons (Fsp3) is 0.864. The van der Waals surface area contributed by atoms with Crippen LogP contribution < -0.4 is 5.32 Å². The minimum absolute atomic E-state index is 0.0569. The van der Waals surface area contributed by atoms with E-state index in [1.807, 2.05) is 0 Å². The maximum Gasteiger partial charge on any atom is 0.408 e. The largest absolute Gasteiger partial charge is 0.466 e. The Morgan fingerprint density at radius 1 is 0.632 bits per heavy atom. The molecule has 224 valence electrons. The van der Waals surface area contributed by atoms with Gasteiger partial charge in [0, 0.05) is 19.6 Å². The van der Waals surface area contributed by atoms with Gasteiger partial charge >= 0.3 is 33.2 Å². The van der Waals surface area contributed by atoms with Crippen LogP contribution in [0.2, 0.25) is 0 Å². The molecular formula is C22H44N2O12P2. The van der Waals surface area contributed by atoms with E-state index in [4.69, 9.17) is 32.3 Å². The Hall–Kier alpha value is -1.53. The monoisotopic (exact) mass is 590 g/mol. The SMILES string of the molecule is CCOC(=O)CCN(CCOC(=O)NC(P(=O)(OCC)OCC)P(=O)(OCC)OCC)CCC(=O)OCC. The number of rotatable bonds is 22. The van der Waals surface area contributed by atoms with E-state index < -0.39 is 38.7 Å². The van der Waals surface area contributed by atoms with Crippen LogP contribution in [0.5, 0.6) is 0 Å². The molecule has 0 aliphatic heterocycles. The number of ether oxygens (including phenoxy) is 3. The Labute approximate surface area is 225 Å². The predicted octanol–water partition coefficient (Wildman–Crippen LogP) is 3.74. The summed E-state index contributed by atoms with van der Waals surface area (Å²) in [5.41, 5.74) is -1.77. The van der Waals surface area contributed by atoms with Crippen molar-refractivity contribution in [2.45, 2.75) is 59.9 Å². The molecule has 0 unspecified atom stereocenters. The second-order valence-electron chi connectivity index (χ2n) is 7.36. The predicted molar refractivity (Wildman–Crippen MR) is 139 cm³/mol. The second-order valence-corrected chi connectivity index (χ2v) is 12.0. The van der Waals surface area contributed by atoms with Crippen LogP contribution in [0.25, 0.3) is 0 Å². The molecule has 0 aromatic carbocycles. The Kier molecular flexibility index (Phi) is 19.6. The fourth-order valence-corrected chi connectivity index (χ4v) is 7.99. The molecule has 0 aromatic heterocycles. The van der Waals surface area contributed by atoms with Crippen molar-refractivity contribution in [2.75, 3.05) is 65.9 Å². The summed E-state index contributed by atoms with van der Waals surface area (Å²) >= 11 is 0. The molecule has 0 spiro atoms. The van der Waals surface area contributed by atoms with Crippen molar-refractivity contribution in [3.8, 4) is 0 Å². The Morgan fingerprint density at radius 3 is 1.37 bits per heavy atom. The smallest absolute Gasteiger partial charge is 0.408 e. The molecule has 0 saturated carbocycles. The topological polar surface area (TPSA) is 165 Å². The van der Waals surface area contributed by atoms with E-state index in [0.717, 1.165) is 0 Å². The molecule has 16 heteroatoms. The summed E-state index contributed by atoms with van der Waals surface area (Å²) in [6.45, 7) is 10.4. The molecule has 0 aliphatic rings. The number of alkyl carbamates (subject to hydrolysis) is 1. The van der Waals surface area contributed by atoms with E-state index in [0.29, 0.717) is 0 Å². The molecule has 1 amide bonds. The zero-order chi connectivity index (χ0) is 29.0. The van der Waals surface area contributed by atoms with Gasteiger partial charge in [-0.05, 0) is 41.5 Å².